The number of nitrogens with zero attached hydrogens (tertiary/aromatic N) is 2. The molecule has 0 aliphatic heterocycles. The fourth-order valence-corrected chi connectivity index (χ4v) is 1.93. The van der Waals surface area contributed by atoms with Crippen molar-refractivity contribution in [3.05, 3.63) is 29.3 Å². The van der Waals surface area contributed by atoms with Gasteiger partial charge >= 0.3 is 0 Å². The minimum Gasteiger partial charge on any atom is -0.507 e. The molecule has 0 aliphatic carbocycles. The predicted molar refractivity (Wildman–Crippen MR) is 70.1 cm³/mol. The molecule has 18 heavy (non-hydrogen) atoms. The van der Waals surface area contributed by atoms with Crippen molar-refractivity contribution in [2.24, 2.45) is 0 Å². The molecule has 0 saturated heterocycles. The van der Waals surface area contributed by atoms with Crippen LogP contribution in [0.15, 0.2) is 22.7 Å². The van der Waals surface area contributed by atoms with E-state index in [2.05, 4.69) is 5.16 Å². The highest BCUT2D eigenvalue weighted by molar-refractivity contribution is 5.70. The number of hydrogen-bond donors (Lipinski definition) is 2. The topological polar surface area (TPSA) is 75.5 Å². The number of rotatable bonds is 3. The molecule has 0 bridgehead atoms. The van der Waals surface area contributed by atoms with E-state index in [1.165, 1.54) is 0 Å². The molecule has 2 aromatic rings. The van der Waals surface area contributed by atoms with Crippen LogP contribution in [0.4, 0.5) is 5.88 Å². The maximum Gasteiger partial charge on any atom is 0.222 e. The highest BCUT2D eigenvalue weighted by Gasteiger charge is 2.14. The van der Waals surface area contributed by atoms with Crippen molar-refractivity contribution in [1.29, 1.82) is 0 Å². The van der Waals surface area contributed by atoms with Gasteiger partial charge in [0.15, 0.2) is 0 Å². The van der Waals surface area contributed by atoms with Crippen molar-refractivity contribution < 1.29 is 9.63 Å². The SMILES string of the molecule is Cc1cc(CN(C)C)c(O)c(-c2cc(N)on2)c1. The Hall–Kier alpha value is -2.01. The highest BCUT2D eigenvalue weighted by atomic mass is 16.5. The average Bonchev–Trinajstić information content (AvgIpc) is 2.69. The Labute approximate surface area is 106 Å². The summed E-state index contributed by atoms with van der Waals surface area (Å²) in [5.41, 5.74) is 8.61. The van der Waals surface area contributed by atoms with Crippen LogP contribution in [0, 0.1) is 6.92 Å². The standard InChI is InChI=1S/C13H17N3O2/c1-8-4-9(7-16(2)3)13(17)10(5-8)11-6-12(14)18-15-11/h4-6,17H,7,14H2,1-3H3. The van der Waals surface area contributed by atoms with Crippen LogP contribution in [0.3, 0.4) is 0 Å². The van der Waals surface area contributed by atoms with Gasteiger partial charge in [-0.15, -0.1) is 0 Å². The van der Waals surface area contributed by atoms with Gasteiger partial charge in [0.2, 0.25) is 5.88 Å². The van der Waals surface area contributed by atoms with E-state index >= 15 is 0 Å². The lowest BCUT2D eigenvalue weighted by atomic mass is 10.0. The van der Waals surface area contributed by atoms with E-state index in [-0.39, 0.29) is 11.6 Å². The Kier molecular flexibility index (Phi) is 3.25. The molecule has 96 valence electrons. The molecule has 0 unspecified atom stereocenters. The van der Waals surface area contributed by atoms with Crippen molar-refractivity contribution >= 4 is 5.88 Å². The van der Waals surface area contributed by atoms with E-state index in [1.807, 2.05) is 38.1 Å². The van der Waals surface area contributed by atoms with E-state index < -0.39 is 0 Å². The zero-order chi connectivity index (χ0) is 13.3. The van der Waals surface area contributed by atoms with Crippen LogP contribution in [-0.4, -0.2) is 29.3 Å². The van der Waals surface area contributed by atoms with Crippen LogP contribution < -0.4 is 5.73 Å². The molecule has 5 heteroatoms. The van der Waals surface area contributed by atoms with Gasteiger partial charge in [-0.3, -0.25) is 0 Å². The van der Waals surface area contributed by atoms with Gasteiger partial charge < -0.3 is 20.3 Å². The molecule has 3 N–H and O–H groups in total. The molecule has 1 aromatic carbocycles. The summed E-state index contributed by atoms with van der Waals surface area (Å²) in [5.74, 6) is 0.461. The average molecular weight is 247 g/mol. The molecule has 0 radical (unpaired) electrons. The van der Waals surface area contributed by atoms with Crippen LogP contribution in [0.25, 0.3) is 11.3 Å². The van der Waals surface area contributed by atoms with Crippen LogP contribution in [-0.2, 0) is 6.54 Å². The Morgan fingerprint density at radius 1 is 1.33 bits per heavy atom. The highest BCUT2D eigenvalue weighted by Crippen LogP contribution is 2.34. The lowest BCUT2D eigenvalue weighted by molar-refractivity contribution is 0.386. The summed E-state index contributed by atoms with van der Waals surface area (Å²) < 4.78 is 4.84. The third-order valence-electron chi connectivity index (χ3n) is 2.62. The monoisotopic (exact) mass is 247 g/mol. The minimum absolute atomic E-state index is 0.225. The van der Waals surface area contributed by atoms with Crippen LogP contribution in [0.2, 0.25) is 0 Å². The number of aromatic nitrogens is 1. The summed E-state index contributed by atoms with van der Waals surface area (Å²) in [5, 5.41) is 14.1. The van der Waals surface area contributed by atoms with Crippen molar-refractivity contribution in [1.82, 2.24) is 10.1 Å². The van der Waals surface area contributed by atoms with E-state index in [9.17, 15) is 5.11 Å². The first-order valence-electron chi connectivity index (χ1n) is 5.67. The minimum atomic E-state index is 0.225. The lowest BCUT2D eigenvalue weighted by Gasteiger charge is -2.14. The van der Waals surface area contributed by atoms with Crippen molar-refractivity contribution in [3.63, 3.8) is 0 Å². The molecule has 0 spiro atoms. The third-order valence-corrected chi connectivity index (χ3v) is 2.62. The molecule has 0 saturated carbocycles. The van der Waals surface area contributed by atoms with Gasteiger partial charge in [-0.05, 0) is 32.6 Å². The molecular formula is C13H17N3O2. The number of aryl methyl sites for hydroxylation is 1. The summed E-state index contributed by atoms with van der Waals surface area (Å²) in [6.07, 6.45) is 0. The largest absolute Gasteiger partial charge is 0.507 e. The molecule has 1 heterocycles. The zero-order valence-corrected chi connectivity index (χ0v) is 10.8. The summed E-state index contributed by atoms with van der Waals surface area (Å²) in [6.45, 7) is 2.64. The normalized spacial score (nSPS) is 11.1. The first-order chi connectivity index (χ1) is 8.47. The Balaban J connectivity index is 2.51. The molecule has 1 aromatic heterocycles. The second kappa shape index (κ2) is 4.70. The Morgan fingerprint density at radius 2 is 2.06 bits per heavy atom. The second-order valence-electron chi connectivity index (χ2n) is 4.67. The summed E-state index contributed by atoms with van der Waals surface area (Å²) in [7, 11) is 3.91. The third kappa shape index (κ3) is 2.46. The van der Waals surface area contributed by atoms with Crippen LogP contribution >= 0.6 is 0 Å². The summed E-state index contributed by atoms with van der Waals surface area (Å²) in [6, 6.07) is 5.43. The fraction of sp³-hybridized carbons (Fsp3) is 0.308. The van der Waals surface area contributed by atoms with Gasteiger partial charge in [-0.2, -0.15) is 0 Å². The Morgan fingerprint density at radius 3 is 2.61 bits per heavy atom. The van der Waals surface area contributed by atoms with E-state index in [4.69, 9.17) is 10.3 Å². The zero-order valence-electron chi connectivity index (χ0n) is 10.8. The number of hydrogen-bond acceptors (Lipinski definition) is 5. The van der Waals surface area contributed by atoms with Gasteiger partial charge in [0.05, 0.1) is 0 Å². The van der Waals surface area contributed by atoms with Gasteiger partial charge in [0.1, 0.15) is 11.4 Å². The van der Waals surface area contributed by atoms with Crippen LogP contribution in [0.1, 0.15) is 11.1 Å². The van der Waals surface area contributed by atoms with E-state index in [0.29, 0.717) is 17.8 Å². The molecule has 2 rings (SSSR count). The fourth-order valence-electron chi connectivity index (χ4n) is 1.93. The van der Waals surface area contributed by atoms with E-state index in [0.717, 1.165) is 11.1 Å². The number of aromatic hydroxyl groups is 1. The number of nitrogen functional groups attached to an aromatic ring is 1. The van der Waals surface area contributed by atoms with Gasteiger partial charge in [0.25, 0.3) is 0 Å². The number of nitrogens with two attached hydrogens (primary N) is 1. The summed E-state index contributed by atoms with van der Waals surface area (Å²) in [4.78, 5) is 2.00. The lowest BCUT2D eigenvalue weighted by Crippen LogP contribution is -2.11. The summed E-state index contributed by atoms with van der Waals surface area (Å²) >= 11 is 0. The van der Waals surface area contributed by atoms with Crippen molar-refractivity contribution in [2.45, 2.75) is 13.5 Å². The second-order valence-corrected chi connectivity index (χ2v) is 4.67. The molecule has 0 amide bonds. The van der Waals surface area contributed by atoms with Crippen LogP contribution in [0.5, 0.6) is 5.75 Å². The molecule has 0 aliphatic rings. The van der Waals surface area contributed by atoms with Crippen molar-refractivity contribution in [2.75, 3.05) is 19.8 Å². The maximum atomic E-state index is 10.3. The maximum absolute atomic E-state index is 10.3. The smallest absolute Gasteiger partial charge is 0.222 e. The first kappa shape index (κ1) is 12.4. The van der Waals surface area contributed by atoms with Gasteiger partial charge in [-0.25, -0.2) is 0 Å². The quantitative estimate of drug-likeness (QED) is 0.867. The van der Waals surface area contributed by atoms with E-state index in [1.54, 1.807) is 6.07 Å². The number of phenolic OH excluding ortho intramolecular Hbond substituents is 1. The van der Waals surface area contributed by atoms with Gasteiger partial charge in [0, 0.05) is 23.7 Å². The molecule has 5 nitrogen and oxygen atoms in total. The molecular weight excluding hydrogens is 230 g/mol. The molecule has 0 fully saturated rings. The predicted octanol–water partition coefficient (Wildman–Crippen LogP) is 2.00. The Bertz CT molecular complexity index is 561. The first-order valence-corrected chi connectivity index (χ1v) is 5.67. The number of benzene rings is 1. The number of anilines is 1. The van der Waals surface area contributed by atoms with Gasteiger partial charge in [-0.1, -0.05) is 11.2 Å². The number of phenols is 1. The van der Waals surface area contributed by atoms with Crippen molar-refractivity contribution in [3.8, 4) is 17.0 Å². The molecule has 0 atom stereocenters.